The van der Waals surface area contributed by atoms with Crippen LogP contribution in [0.4, 0.5) is 0 Å². The maximum absolute atomic E-state index is 10.3. The Bertz CT molecular complexity index is 759. The van der Waals surface area contributed by atoms with Crippen molar-refractivity contribution in [2.75, 3.05) is 0 Å². The number of aromatic nitrogens is 3. The van der Waals surface area contributed by atoms with E-state index in [4.69, 9.17) is 0 Å². The first-order valence-electron chi connectivity index (χ1n) is 7.40. The number of benzene rings is 1. The molecule has 2 heterocycles. The average molecular weight is 279 g/mol. The molecule has 1 N–H and O–H groups in total. The second-order valence-corrected chi connectivity index (χ2v) is 5.71. The third-order valence-corrected chi connectivity index (χ3v) is 4.46. The molecule has 2 aromatic heterocycles. The molecule has 4 nitrogen and oxygen atoms in total. The first-order chi connectivity index (χ1) is 10.3. The number of rotatable bonds is 3. The number of fused-ring (bicyclic) bond motifs is 1. The van der Waals surface area contributed by atoms with Crippen molar-refractivity contribution in [2.24, 2.45) is 5.92 Å². The highest BCUT2D eigenvalue weighted by Crippen LogP contribution is 2.38. The van der Waals surface area contributed by atoms with E-state index < -0.39 is 0 Å². The van der Waals surface area contributed by atoms with Crippen LogP contribution in [0.3, 0.4) is 0 Å². The number of hydrogen-bond acceptors (Lipinski definition) is 3. The van der Waals surface area contributed by atoms with E-state index in [9.17, 15) is 5.11 Å². The molecule has 106 valence electrons. The molecular formula is C17H17N3O. The molecule has 1 unspecified atom stereocenters. The minimum atomic E-state index is -0.321. The molecule has 1 aromatic carbocycles. The third-order valence-electron chi connectivity index (χ3n) is 4.46. The van der Waals surface area contributed by atoms with Crippen LogP contribution in [0.2, 0.25) is 0 Å². The second-order valence-electron chi connectivity index (χ2n) is 5.71. The van der Waals surface area contributed by atoms with Crippen molar-refractivity contribution in [1.82, 2.24) is 14.8 Å². The van der Waals surface area contributed by atoms with E-state index in [1.54, 1.807) is 10.8 Å². The van der Waals surface area contributed by atoms with E-state index in [0.717, 1.165) is 35.0 Å². The van der Waals surface area contributed by atoms with Crippen molar-refractivity contribution in [1.29, 1.82) is 0 Å². The fourth-order valence-electron chi connectivity index (χ4n) is 2.94. The van der Waals surface area contributed by atoms with E-state index >= 15 is 0 Å². The molecule has 1 fully saturated rings. The highest BCUT2D eigenvalue weighted by molar-refractivity contribution is 5.79. The summed E-state index contributed by atoms with van der Waals surface area (Å²) >= 11 is 0. The molecule has 0 saturated heterocycles. The standard InChI is InChI=1S/C17H17N3O/c21-17(13-3-1-4-13)14-8-6-12(7-9-14)15-11-19-20-16(15)5-2-10-18-20/h2,5-11,13,17,21H,1,3-4H2. The van der Waals surface area contributed by atoms with E-state index in [1.807, 2.05) is 30.5 Å². The maximum atomic E-state index is 10.3. The molecule has 4 rings (SSSR count). The Labute approximate surface area is 123 Å². The summed E-state index contributed by atoms with van der Waals surface area (Å²) in [4.78, 5) is 0. The van der Waals surface area contributed by atoms with E-state index in [1.165, 1.54) is 6.42 Å². The summed E-state index contributed by atoms with van der Waals surface area (Å²) in [7, 11) is 0. The SMILES string of the molecule is OC(c1ccc(-c2cnn3ncccc23)cc1)C1CCC1. The molecule has 21 heavy (non-hydrogen) atoms. The summed E-state index contributed by atoms with van der Waals surface area (Å²) in [5, 5.41) is 18.7. The number of aliphatic hydroxyl groups excluding tert-OH is 1. The first kappa shape index (κ1) is 12.5. The third kappa shape index (κ3) is 2.12. The molecule has 1 atom stereocenters. The summed E-state index contributed by atoms with van der Waals surface area (Å²) < 4.78 is 1.63. The van der Waals surface area contributed by atoms with Crippen molar-refractivity contribution in [3.8, 4) is 11.1 Å². The fourth-order valence-corrected chi connectivity index (χ4v) is 2.94. The predicted molar refractivity (Wildman–Crippen MR) is 80.7 cm³/mol. The lowest BCUT2D eigenvalue weighted by atomic mass is 9.78. The minimum absolute atomic E-state index is 0.321. The zero-order chi connectivity index (χ0) is 14.2. The smallest absolute Gasteiger partial charge is 0.0951 e. The van der Waals surface area contributed by atoms with Crippen LogP contribution in [-0.2, 0) is 0 Å². The lowest BCUT2D eigenvalue weighted by molar-refractivity contribution is 0.0621. The molecule has 0 amide bonds. The molecular weight excluding hydrogens is 262 g/mol. The summed E-state index contributed by atoms with van der Waals surface area (Å²) in [6.07, 6.45) is 6.76. The van der Waals surface area contributed by atoms with Gasteiger partial charge in [-0.1, -0.05) is 30.7 Å². The van der Waals surface area contributed by atoms with Crippen molar-refractivity contribution < 1.29 is 5.11 Å². The Morgan fingerprint density at radius 3 is 2.62 bits per heavy atom. The number of nitrogens with zero attached hydrogens (tertiary/aromatic N) is 3. The average Bonchev–Trinajstić information content (AvgIpc) is 2.89. The lowest BCUT2D eigenvalue weighted by Gasteiger charge is -2.30. The summed E-state index contributed by atoms with van der Waals surface area (Å²) in [6.45, 7) is 0. The van der Waals surface area contributed by atoms with Gasteiger partial charge in [0.2, 0.25) is 0 Å². The molecule has 1 aliphatic rings. The topological polar surface area (TPSA) is 50.4 Å². The predicted octanol–water partition coefficient (Wildman–Crippen LogP) is 3.23. The van der Waals surface area contributed by atoms with Crippen molar-refractivity contribution in [3.05, 3.63) is 54.4 Å². The van der Waals surface area contributed by atoms with Crippen LogP contribution in [0, 0.1) is 5.92 Å². The molecule has 3 aromatic rings. The lowest BCUT2D eigenvalue weighted by Crippen LogP contribution is -2.19. The highest BCUT2D eigenvalue weighted by atomic mass is 16.3. The first-order valence-corrected chi connectivity index (χ1v) is 7.40. The summed E-state index contributed by atoms with van der Waals surface area (Å²) in [6, 6.07) is 12.1. The van der Waals surface area contributed by atoms with Crippen LogP contribution in [0.15, 0.2) is 48.8 Å². The molecule has 4 heteroatoms. The largest absolute Gasteiger partial charge is 0.388 e. The minimum Gasteiger partial charge on any atom is -0.388 e. The number of aliphatic hydroxyl groups is 1. The zero-order valence-corrected chi connectivity index (χ0v) is 11.7. The molecule has 0 aliphatic heterocycles. The Hall–Kier alpha value is -2.20. The van der Waals surface area contributed by atoms with Crippen LogP contribution >= 0.6 is 0 Å². The van der Waals surface area contributed by atoms with Gasteiger partial charge in [0, 0.05) is 11.8 Å². The highest BCUT2D eigenvalue weighted by Gasteiger charge is 2.26. The van der Waals surface area contributed by atoms with Gasteiger partial charge in [0.1, 0.15) is 0 Å². The van der Waals surface area contributed by atoms with Gasteiger partial charge >= 0.3 is 0 Å². The monoisotopic (exact) mass is 279 g/mol. The van der Waals surface area contributed by atoms with Gasteiger partial charge in [-0.25, -0.2) is 0 Å². The zero-order valence-electron chi connectivity index (χ0n) is 11.7. The van der Waals surface area contributed by atoms with Gasteiger partial charge in [-0.15, -0.1) is 0 Å². The molecule has 0 radical (unpaired) electrons. The van der Waals surface area contributed by atoms with Crippen LogP contribution < -0.4 is 0 Å². The Kier molecular flexibility index (Phi) is 2.97. The van der Waals surface area contributed by atoms with Gasteiger partial charge in [-0.2, -0.15) is 14.8 Å². The molecule has 1 saturated carbocycles. The molecule has 0 bridgehead atoms. The molecule has 0 spiro atoms. The normalized spacial score (nSPS) is 16.8. The van der Waals surface area contributed by atoms with Gasteiger partial charge in [0.15, 0.2) is 0 Å². The Morgan fingerprint density at radius 1 is 1.10 bits per heavy atom. The Balaban J connectivity index is 1.67. The number of hydrogen-bond donors (Lipinski definition) is 1. The van der Waals surface area contributed by atoms with Crippen molar-refractivity contribution in [3.63, 3.8) is 0 Å². The molecule has 1 aliphatic carbocycles. The van der Waals surface area contributed by atoms with Crippen LogP contribution in [0.25, 0.3) is 16.6 Å². The second kappa shape index (κ2) is 4.97. The van der Waals surface area contributed by atoms with Gasteiger partial charge in [0.05, 0.1) is 17.8 Å². The quantitative estimate of drug-likeness (QED) is 0.800. The van der Waals surface area contributed by atoms with Gasteiger partial charge in [0.25, 0.3) is 0 Å². The Morgan fingerprint density at radius 2 is 1.90 bits per heavy atom. The summed E-state index contributed by atoms with van der Waals surface area (Å²) in [5.41, 5.74) is 4.16. The van der Waals surface area contributed by atoms with Crippen molar-refractivity contribution >= 4 is 5.52 Å². The van der Waals surface area contributed by atoms with Gasteiger partial charge < -0.3 is 5.11 Å². The van der Waals surface area contributed by atoms with Gasteiger partial charge in [-0.05, 0) is 42.0 Å². The van der Waals surface area contributed by atoms with Crippen LogP contribution in [0.1, 0.15) is 30.9 Å². The van der Waals surface area contributed by atoms with Crippen LogP contribution in [-0.4, -0.2) is 19.9 Å². The van der Waals surface area contributed by atoms with E-state index in [0.29, 0.717) is 5.92 Å². The van der Waals surface area contributed by atoms with E-state index in [2.05, 4.69) is 22.3 Å². The van der Waals surface area contributed by atoms with E-state index in [-0.39, 0.29) is 6.10 Å². The van der Waals surface area contributed by atoms with Gasteiger partial charge in [-0.3, -0.25) is 0 Å². The maximum Gasteiger partial charge on any atom is 0.0951 e. The summed E-state index contributed by atoms with van der Waals surface area (Å²) in [5.74, 6) is 0.442. The van der Waals surface area contributed by atoms with Crippen molar-refractivity contribution in [2.45, 2.75) is 25.4 Å². The fraction of sp³-hybridized carbons (Fsp3) is 0.294. The van der Waals surface area contributed by atoms with Crippen LogP contribution in [0.5, 0.6) is 0 Å².